The first-order valence-electron chi connectivity index (χ1n) is 8.19. The Kier molecular flexibility index (Phi) is 9.47. The Balaban J connectivity index is 0.000000283. The monoisotopic (exact) mass is 454 g/mol. The molecule has 0 aliphatic rings. The van der Waals surface area contributed by atoms with Crippen molar-refractivity contribution in [3.8, 4) is 0 Å². The number of anilines is 2. The van der Waals surface area contributed by atoms with Crippen LogP contribution in [0.15, 0.2) is 54.6 Å². The van der Waals surface area contributed by atoms with Gasteiger partial charge >= 0.3 is 94.5 Å². The van der Waals surface area contributed by atoms with Gasteiger partial charge in [-0.1, -0.05) is 18.2 Å². The molecule has 9 nitrogen and oxygen atoms in total. The van der Waals surface area contributed by atoms with E-state index in [2.05, 4.69) is 13.9 Å². The van der Waals surface area contributed by atoms with E-state index in [1.54, 1.807) is 11.0 Å². The van der Waals surface area contributed by atoms with Crippen molar-refractivity contribution in [2.75, 3.05) is 23.9 Å². The molecule has 0 saturated heterocycles. The zero-order valence-corrected chi connectivity index (χ0v) is 17.6. The summed E-state index contributed by atoms with van der Waals surface area (Å²) in [4.78, 5) is 23.5. The quantitative estimate of drug-likeness (QED) is 0.358. The fraction of sp³-hybridized carbons (Fsp3) is 0.222. The van der Waals surface area contributed by atoms with Gasteiger partial charge in [-0.3, -0.25) is 4.90 Å². The van der Waals surface area contributed by atoms with Gasteiger partial charge in [-0.15, -0.1) is 0 Å². The van der Waals surface area contributed by atoms with E-state index >= 15 is 0 Å². The average Bonchev–Trinajstić information content (AvgIpc) is 2.69. The molecule has 3 N–H and O–H groups in total. The Morgan fingerprint density at radius 2 is 1.79 bits per heavy atom. The van der Waals surface area contributed by atoms with Crippen molar-refractivity contribution >= 4 is 41.9 Å². The minimum atomic E-state index is -4.83. The van der Waals surface area contributed by atoms with E-state index in [1.165, 1.54) is 32.2 Å². The van der Waals surface area contributed by atoms with E-state index in [0.717, 1.165) is 5.69 Å². The number of carbonyl (C=O) groups excluding carboxylic acids is 2. The minimum Gasteiger partial charge on any atom is -0.452 e. The van der Waals surface area contributed by atoms with E-state index < -0.39 is 14.2 Å². The Labute approximate surface area is 165 Å². The van der Waals surface area contributed by atoms with Crippen molar-refractivity contribution in [1.29, 1.82) is 0 Å². The number of nitrogens with zero attached hydrogens (tertiary/aromatic N) is 1. The van der Waals surface area contributed by atoms with Crippen molar-refractivity contribution in [2.24, 2.45) is 0 Å². The van der Waals surface area contributed by atoms with Gasteiger partial charge in [0, 0.05) is 12.2 Å². The number of benzene rings is 2. The molecule has 0 aromatic heterocycles. The number of rotatable bonds is 5. The molecular weight excluding hydrogens is 431 g/mol. The van der Waals surface area contributed by atoms with Crippen LogP contribution in [0, 0.1) is 0 Å². The van der Waals surface area contributed by atoms with Gasteiger partial charge in [0.25, 0.3) is 0 Å². The third-order valence-electron chi connectivity index (χ3n) is 3.38. The number of hydrogen-bond acceptors (Lipinski definition) is 6. The molecule has 0 aliphatic heterocycles. The maximum Gasteiger partial charge on any atom is 0.413 e. The summed E-state index contributed by atoms with van der Waals surface area (Å²) in [6.07, 6.45) is -0.325. The van der Waals surface area contributed by atoms with E-state index in [0.29, 0.717) is 12.2 Å². The van der Waals surface area contributed by atoms with E-state index in [4.69, 9.17) is 5.26 Å². The maximum absolute atomic E-state index is 11.3. The molecule has 2 amide bonds. The molecule has 10 heteroatoms. The Bertz CT molecular complexity index is 830. The van der Waals surface area contributed by atoms with E-state index in [9.17, 15) is 17.4 Å². The second-order valence-electron chi connectivity index (χ2n) is 5.38. The normalized spacial score (nSPS) is 12.0. The molecule has 0 heterocycles. The van der Waals surface area contributed by atoms with Crippen LogP contribution in [0.3, 0.4) is 0 Å². The van der Waals surface area contributed by atoms with Crippen molar-refractivity contribution in [3.05, 3.63) is 54.6 Å². The van der Waals surface area contributed by atoms with Crippen LogP contribution in [0.1, 0.15) is 13.8 Å². The van der Waals surface area contributed by atoms with Crippen LogP contribution in [0.2, 0.25) is 0 Å². The molecule has 0 saturated carbocycles. The summed E-state index contributed by atoms with van der Waals surface area (Å²) in [5, 5.41) is 10.7. The first-order chi connectivity index (χ1) is 13.2. The maximum atomic E-state index is 11.3. The van der Waals surface area contributed by atoms with Gasteiger partial charge in [-0.25, -0.2) is 4.79 Å². The van der Waals surface area contributed by atoms with Gasteiger partial charge < -0.3 is 4.74 Å². The van der Waals surface area contributed by atoms with Crippen LogP contribution >= 0.6 is 0 Å². The molecule has 0 aliphatic carbocycles. The van der Waals surface area contributed by atoms with Gasteiger partial charge in [0.05, 0.1) is 7.11 Å². The van der Waals surface area contributed by atoms with Crippen molar-refractivity contribution in [1.82, 2.24) is 0 Å². The number of ether oxygens (including phenoxy) is 1. The number of amides is 2. The van der Waals surface area contributed by atoms with Gasteiger partial charge in [0.2, 0.25) is 0 Å². The Hall–Kier alpha value is -2.58. The minimum absolute atomic E-state index is 0.0399. The van der Waals surface area contributed by atoms with Crippen molar-refractivity contribution < 1.29 is 31.3 Å². The van der Waals surface area contributed by atoms with Gasteiger partial charge in [-0.2, -0.15) is 0 Å². The van der Waals surface area contributed by atoms with Gasteiger partial charge in [0.1, 0.15) is 0 Å². The first kappa shape index (κ1) is 23.5. The average molecular weight is 454 g/mol. The van der Waals surface area contributed by atoms with Crippen molar-refractivity contribution in [2.45, 2.75) is 13.8 Å². The fourth-order valence-electron chi connectivity index (χ4n) is 2.15. The van der Waals surface area contributed by atoms with E-state index in [-0.39, 0.29) is 16.4 Å². The topological polar surface area (TPSA) is 125 Å². The zero-order chi connectivity index (χ0) is 21.2. The number of hydrogen-bond donors (Lipinski definition) is 3. The molecule has 0 fully saturated rings. The van der Waals surface area contributed by atoms with Crippen LogP contribution in [0.4, 0.5) is 16.2 Å². The summed E-state index contributed by atoms with van der Waals surface area (Å²) in [6, 6.07) is 15.1. The molecule has 0 radical (unpaired) electrons. The van der Waals surface area contributed by atoms with Crippen LogP contribution in [0.25, 0.3) is 0 Å². The molecule has 28 heavy (non-hydrogen) atoms. The zero-order valence-electron chi connectivity index (χ0n) is 15.7. The molecule has 2 aromatic rings. The Morgan fingerprint density at radius 1 is 1.14 bits per heavy atom. The summed E-state index contributed by atoms with van der Waals surface area (Å²) in [5.74, 6) is -0.294. The predicted molar refractivity (Wildman–Crippen MR) is 105 cm³/mol. The third kappa shape index (κ3) is 7.20. The molecule has 2 aromatic carbocycles. The number of methoxy groups -OCH3 is 1. The van der Waals surface area contributed by atoms with Crippen LogP contribution < -0.4 is 14.6 Å². The largest absolute Gasteiger partial charge is 0.452 e. The smallest absolute Gasteiger partial charge is 0.413 e. The molecule has 0 spiro atoms. The number of nitrogens with one attached hydrogen (secondary N) is 1. The van der Waals surface area contributed by atoms with Crippen LogP contribution in [-0.2, 0) is 17.1 Å². The van der Waals surface area contributed by atoms with Crippen LogP contribution in [0.5, 0.6) is 0 Å². The summed E-state index contributed by atoms with van der Waals surface area (Å²) in [6.45, 7) is 3.83. The summed E-state index contributed by atoms with van der Waals surface area (Å²) in [7, 11) is 1.38. The first-order valence-corrected chi connectivity index (χ1v) is 11.5. The van der Waals surface area contributed by atoms with E-state index in [1.807, 2.05) is 37.3 Å². The summed E-state index contributed by atoms with van der Waals surface area (Å²) in [5.41, 5.74) is 1.23. The SMILES string of the molecule is CC(=O)Nc1cccc([As](=O)(O)OO)c1.CCN(C(=O)OC)c1ccccc1. The molecule has 152 valence electrons. The number of para-hydroxylation sites is 1. The summed E-state index contributed by atoms with van der Waals surface area (Å²) >= 11 is -4.83. The summed E-state index contributed by atoms with van der Waals surface area (Å²) < 4.78 is 28.6. The second kappa shape index (κ2) is 11.3. The molecular formula is C18H23AsN2O7. The third-order valence-corrected chi connectivity index (χ3v) is 5.80. The van der Waals surface area contributed by atoms with Crippen molar-refractivity contribution in [3.63, 3.8) is 0 Å². The van der Waals surface area contributed by atoms with Gasteiger partial charge in [0.15, 0.2) is 0 Å². The molecule has 1 atom stereocenters. The van der Waals surface area contributed by atoms with Crippen LogP contribution in [-0.4, -0.2) is 49.2 Å². The second-order valence-corrected chi connectivity index (χ2v) is 8.99. The molecule has 1 unspecified atom stereocenters. The fourth-order valence-corrected chi connectivity index (χ4v) is 3.55. The predicted octanol–water partition coefficient (Wildman–Crippen LogP) is 1.98. The standard InChI is InChI=1S/C10H13NO2.C8H10AsNO5/c1-3-11(10(12)13-2)9-7-5-4-6-8-9;1-6(11)10-8-4-2-3-7(5-8)9(12,13)15-14/h4-8H,3H2,1-2H3;2-5,14H,1H3,(H,10,11)(H,12,13). The molecule has 0 bridgehead atoms. The molecule has 2 rings (SSSR count). The van der Waals surface area contributed by atoms with Gasteiger partial charge in [-0.05, 0) is 19.1 Å². The Morgan fingerprint density at radius 3 is 2.29 bits per heavy atom. The number of carbonyl (C=O) groups is 2.